The van der Waals surface area contributed by atoms with E-state index in [2.05, 4.69) is 10.3 Å². The first-order valence-corrected chi connectivity index (χ1v) is 8.03. The van der Waals surface area contributed by atoms with Crippen LogP contribution in [0.2, 0.25) is 0 Å². The van der Waals surface area contributed by atoms with E-state index in [-0.39, 0.29) is 11.7 Å². The van der Waals surface area contributed by atoms with Crippen molar-refractivity contribution in [3.05, 3.63) is 47.6 Å². The van der Waals surface area contributed by atoms with E-state index >= 15 is 0 Å². The molecule has 5 nitrogen and oxygen atoms in total. The number of hydrogen-bond donors (Lipinski definition) is 1. The zero-order valence-corrected chi connectivity index (χ0v) is 12.5. The zero-order valence-electron chi connectivity index (χ0n) is 10.9. The molecule has 0 aliphatic rings. The third-order valence-electron chi connectivity index (χ3n) is 2.77. The van der Waals surface area contributed by atoms with Gasteiger partial charge in [-0.1, -0.05) is 30.0 Å². The summed E-state index contributed by atoms with van der Waals surface area (Å²) in [4.78, 5) is 28.2. The van der Waals surface area contributed by atoms with Crippen LogP contribution < -0.4 is 5.32 Å². The number of aromatic nitrogens is 2. The number of carbonyl (C=O) groups is 2. The molecule has 0 bridgehead atoms. The third-order valence-corrected chi connectivity index (χ3v) is 4.51. The Labute approximate surface area is 129 Å². The van der Waals surface area contributed by atoms with Crippen molar-refractivity contribution in [3.63, 3.8) is 0 Å². The Morgan fingerprint density at radius 3 is 2.95 bits per heavy atom. The van der Waals surface area contributed by atoms with Crippen LogP contribution in [0.25, 0.3) is 4.96 Å². The second-order valence-electron chi connectivity index (χ2n) is 4.18. The predicted octanol–water partition coefficient (Wildman–Crippen LogP) is 2.94. The smallest absolute Gasteiger partial charge is 0.234 e. The number of hydrogen-bond acceptors (Lipinski definition) is 5. The summed E-state index contributed by atoms with van der Waals surface area (Å²) in [5.74, 6) is 0.0833. The first-order chi connectivity index (χ1) is 10.3. The first kappa shape index (κ1) is 13.8. The Hall–Kier alpha value is -2.12. The van der Waals surface area contributed by atoms with Gasteiger partial charge in [-0.05, 0) is 12.1 Å². The van der Waals surface area contributed by atoms with Gasteiger partial charge in [0, 0.05) is 17.3 Å². The minimum Gasteiger partial charge on any atom is -0.325 e. The summed E-state index contributed by atoms with van der Waals surface area (Å²) in [5, 5.41) is 5.25. The molecular weight excluding hydrogens is 306 g/mol. The van der Waals surface area contributed by atoms with E-state index in [0.29, 0.717) is 10.7 Å². The van der Waals surface area contributed by atoms with Crippen LogP contribution in [0.4, 0.5) is 5.69 Å². The Bertz CT molecular complexity index is 780. The molecule has 106 valence electrons. The van der Waals surface area contributed by atoms with Crippen molar-refractivity contribution in [2.75, 3.05) is 11.1 Å². The van der Waals surface area contributed by atoms with Gasteiger partial charge >= 0.3 is 0 Å². The molecule has 0 radical (unpaired) electrons. The second-order valence-corrected chi connectivity index (χ2v) is 6.02. The quantitative estimate of drug-likeness (QED) is 0.580. The maximum Gasteiger partial charge on any atom is 0.234 e. The molecule has 3 rings (SSSR count). The van der Waals surface area contributed by atoms with Crippen LogP contribution in [0.3, 0.4) is 0 Å². The van der Waals surface area contributed by atoms with Gasteiger partial charge in [0.25, 0.3) is 0 Å². The molecule has 0 unspecified atom stereocenters. The molecule has 1 aromatic carbocycles. The fraction of sp³-hybridized carbons (Fsp3) is 0.0714. The van der Waals surface area contributed by atoms with Crippen molar-refractivity contribution < 1.29 is 9.59 Å². The highest BCUT2D eigenvalue weighted by atomic mass is 32.2. The number of thioether (sulfide) groups is 1. The Morgan fingerprint density at radius 1 is 1.38 bits per heavy atom. The van der Waals surface area contributed by atoms with E-state index in [9.17, 15) is 9.59 Å². The van der Waals surface area contributed by atoms with Crippen LogP contribution in [0.5, 0.6) is 0 Å². The molecule has 2 heterocycles. The van der Waals surface area contributed by atoms with Crippen molar-refractivity contribution >= 4 is 45.9 Å². The molecule has 0 fully saturated rings. The molecule has 0 aliphatic heterocycles. The Balaban J connectivity index is 1.67. The lowest BCUT2D eigenvalue weighted by Crippen LogP contribution is -2.14. The molecule has 21 heavy (non-hydrogen) atoms. The maximum atomic E-state index is 11.9. The molecule has 0 atom stereocenters. The summed E-state index contributed by atoms with van der Waals surface area (Å²) < 4.78 is 1.73. The molecule has 0 spiro atoms. The molecule has 0 aliphatic carbocycles. The van der Waals surface area contributed by atoms with Crippen molar-refractivity contribution in [2.45, 2.75) is 5.03 Å². The first-order valence-electron chi connectivity index (χ1n) is 6.16. The molecule has 2 aromatic heterocycles. The molecular formula is C14H11N3O2S2. The van der Waals surface area contributed by atoms with E-state index in [1.807, 2.05) is 35.7 Å². The van der Waals surface area contributed by atoms with Crippen molar-refractivity contribution in [1.29, 1.82) is 0 Å². The van der Waals surface area contributed by atoms with E-state index < -0.39 is 0 Å². The van der Waals surface area contributed by atoms with Gasteiger partial charge in [-0.3, -0.25) is 14.0 Å². The summed E-state index contributed by atoms with van der Waals surface area (Å²) >= 11 is 2.71. The number of benzene rings is 1. The summed E-state index contributed by atoms with van der Waals surface area (Å²) in [5.41, 5.74) is 1.24. The van der Waals surface area contributed by atoms with Crippen molar-refractivity contribution in [3.8, 4) is 0 Å². The topological polar surface area (TPSA) is 63.5 Å². The predicted molar refractivity (Wildman–Crippen MR) is 84.3 cm³/mol. The highest BCUT2D eigenvalue weighted by molar-refractivity contribution is 8.00. The summed E-state index contributed by atoms with van der Waals surface area (Å²) in [6, 6.07) is 9.25. The number of para-hydroxylation sites is 1. The minimum absolute atomic E-state index is 0.126. The number of fused-ring (bicyclic) bond motifs is 1. The Kier molecular flexibility index (Phi) is 4.03. The number of rotatable bonds is 5. The number of anilines is 1. The van der Waals surface area contributed by atoms with Gasteiger partial charge in [0.05, 0.1) is 5.75 Å². The van der Waals surface area contributed by atoms with Gasteiger partial charge in [-0.25, -0.2) is 4.98 Å². The summed E-state index contributed by atoms with van der Waals surface area (Å²) in [6.07, 6.45) is 2.56. The average molecular weight is 317 g/mol. The Morgan fingerprint density at radius 2 is 2.19 bits per heavy atom. The highest BCUT2D eigenvalue weighted by Gasteiger charge is 2.14. The standard InChI is InChI=1S/C14H11N3O2S2/c18-8-11-13(16-14-17(11)6-7-20-14)21-9-12(19)15-10-4-2-1-3-5-10/h1-8H,9H2,(H,15,19). The molecule has 3 aromatic rings. The van der Waals surface area contributed by atoms with Gasteiger partial charge < -0.3 is 5.32 Å². The lowest BCUT2D eigenvalue weighted by atomic mass is 10.3. The number of thiazole rings is 1. The van der Waals surface area contributed by atoms with Crippen LogP contribution in [0.1, 0.15) is 10.5 Å². The van der Waals surface area contributed by atoms with Gasteiger partial charge in [0.15, 0.2) is 11.2 Å². The lowest BCUT2D eigenvalue weighted by Gasteiger charge is -2.03. The van der Waals surface area contributed by atoms with Crippen LogP contribution in [0.15, 0.2) is 46.9 Å². The fourth-order valence-electron chi connectivity index (χ4n) is 1.85. The summed E-state index contributed by atoms with van der Waals surface area (Å²) in [7, 11) is 0. The number of nitrogens with one attached hydrogen (secondary N) is 1. The second kappa shape index (κ2) is 6.11. The van der Waals surface area contributed by atoms with Gasteiger partial charge in [0.2, 0.25) is 5.91 Å². The normalized spacial score (nSPS) is 10.7. The van der Waals surface area contributed by atoms with E-state index in [0.717, 1.165) is 16.9 Å². The van der Waals surface area contributed by atoms with E-state index in [1.165, 1.54) is 23.1 Å². The van der Waals surface area contributed by atoms with Gasteiger partial charge in [-0.15, -0.1) is 11.3 Å². The summed E-state index contributed by atoms with van der Waals surface area (Å²) in [6.45, 7) is 0. The van der Waals surface area contributed by atoms with Crippen LogP contribution in [-0.4, -0.2) is 27.3 Å². The molecule has 0 saturated carbocycles. The van der Waals surface area contributed by atoms with Gasteiger partial charge in [0.1, 0.15) is 10.7 Å². The molecule has 1 amide bonds. The van der Waals surface area contributed by atoms with Crippen LogP contribution >= 0.6 is 23.1 Å². The molecule has 0 saturated heterocycles. The van der Waals surface area contributed by atoms with E-state index in [4.69, 9.17) is 0 Å². The number of aldehydes is 1. The van der Waals surface area contributed by atoms with E-state index in [1.54, 1.807) is 10.6 Å². The number of imidazole rings is 1. The number of nitrogens with zero attached hydrogens (tertiary/aromatic N) is 2. The number of carbonyl (C=O) groups excluding carboxylic acids is 2. The maximum absolute atomic E-state index is 11.9. The number of amides is 1. The largest absolute Gasteiger partial charge is 0.325 e. The zero-order chi connectivity index (χ0) is 14.7. The monoisotopic (exact) mass is 317 g/mol. The third kappa shape index (κ3) is 2.98. The molecule has 1 N–H and O–H groups in total. The molecule has 7 heteroatoms. The van der Waals surface area contributed by atoms with Crippen molar-refractivity contribution in [2.24, 2.45) is 0 Å². The average Bonchev–Trinajstić information content (AvgIpc) is 3.06. The highest BCUT2D eigenvalue weighted by Crippen LogP contribution is 2.24. The van der Waals surface area contributed by atoms with Crippen molar-refractivity contribution in [1.82, 2.24) is 9.38 Å². The fourth-order valence-corrected chi connectivity index (χ4v) is 3.41. The SMILES string of the molecule is O=Cc1c(SCC(=O)Nc2ccccc2)nc2sccn12. The van der Waals surface area contributed by atoms with Crippen LogP contribution in [-0.2, 0) is 4.79 Å². The van der Waals surface area contributed by atoms with Gasteiger partial charge in [-0.2, -0.15) is 0 Å². The minimum atomic E-state index is -0.126. The van der Waals surface area contributed by atoms with Crippen LogP contribution in [0, 0.1) is 0 Å². The lowest BCUT2D eigenvalue weighted by molar-refractivity contribution is -0.113.